The maximum atomic E-state index is 12.0. The summed E-state index contributed by atoms with van der Waals surface area (Å²) in [5, 5.41) is 2.25. The van der Waals surface area contributed by atoms with Crippen molar-refractivity contribution in [3.63, 3.8) is 0 Å². The van der Waals surface area contributed by atoms with Gasteiger partial charge < -0.3 is 4.90 Å². The monoisotopic (exact) mass is 369 g/mol. The van der Waals surface area contributed by atoms with E-state index in [9.17, 15) is 4.79 Å². The van der Waals surface area contributed by atoms with E-state index in [1.165, 1.54) is 0 Å². The van der Waals surface area contributed by atoms with Crippen LogP contribution < -0.4 is 0 Å². The lowest BCUT2D eigenvalue weighted by atomic mass is 9.84. The first-order valence-corrected chi connectivity index (χ1v) is 7.59. The lowest BCUT2D eigenvalue weighted by Crippen LogP contribution is -2.37. The van der Waals surface area contributed by atoms with Gasteiger partial charge in [-0.15, -0.1) is 22.9 Å². The van der Waals surface area contributed by atoms with Crippen LogP contribution in [0.15, 0.2) is 11.4 Å². The number of thiophene rings is 1. The molecule has 5 heteroatoms. The minimum atomic E-state index is 0.122. The maximum Gasteiger partial charge on any atom is 0.254 e. The van der Waals surface area contributed by atoms with Crippen molar-refractivity contribution in [1.82, 2.24) is 4.90 Å². The van der Waals surface area contributed by atoms with Gasteiger partial charge in [0.2, 0.25) is 0 Å². The van der Waals surface area contributed by atoms with Gasteiger partial charge in [0.05, 0.1) is 8.45 Å². The minimum absolute atomic E-state index is 0.122. The average Bonchev–Trinajstić information content (AvgIpc) is 2.61. The van der Waals surface area contributed by atoms with E-state index in [1.54, 1.807) is 11.3 Å². The molecule has 0 atom stereocenters. The molecule has 0 bridgehead atoms. The van der Waals surface area contributed by atoms with E-state index in [2.05, 4.69) is 22.6 Å². The SMILES string of the molecule is CN(CC1CC(Cl)C1)C(=O)c1csc(I)c1. The smallest absolute Gasteiger partial charge is 0.254 e. The van der Waals surface area contributed by atoms with E-state index in [4.69, 9.17) is 11.6 Å². The van der Waals surface area contributed by atoms with Gasteiger partial charge in [-0.05, 0) is 47.4 Å². The van der Waals surface area contributed by atoms with Crippen LogP contribution in [0, 0.1) is 8.80 Å². The topological polar surface area (TPSA) is 20.3 Å². The fraction of sp³-hybridized carbons (Fsp3) is 0.545. The molecule has 0 N–H and O–H groups in total. The number of halogens is 2. The highest BCUT2D eigenvalue weighted by atomic mass is 127. The molecule has 16 heavy (non-hydrogen) atoms. The first kappa shape index (κ1) is 12.6. The molecule has 0 unspecified atom stereocenters. The van der Waals surface area contributed by atoms with Gasteiger partial charge >= 0.3 is 0 Å². The first-order chi connectivity index (χ1) is 7.56. The van der Waals surface area contributed by atoms with Crippen LogP contribution in [0.2, 0.25) is 0 Å². The highest BCUT2D eigenvalue weighted by Gasteiger charge is 2.29. The molecule has 1 saturated carbocycles. The van der Waals surface area contributed by atoms with Crippen molar-refractivity contribution in [2.24, 2.45) is 5.92 Å². The Bertz CT molecular complexity index is 389. The molecule has 2 rings (SSSR count). The molecule has 1 aliphatic rings. The third-order valence-corrected chi connectivity index (χ3v) is 5.02. The zero-order valence-corrected chi connectivity index (χ0v) is 12.7. The van der Waals surface area contributed by atoms with Crippen molar-refractivity contribution in [1.29, 1.82) is 0 Å². The third-order valence-electron chi connectivity index (χ3n) is 2.87. The van der Waals surface area contributed by atoms with Crippen LogP contribution in [0.3, 0.4) is 0 Å². The van der Waals surface area contributed by atoms with Crippen molar-refractivity contribution >= 4 is 51.4 Å². The van der Waals surface area contributed by atoms with E-state index < -0.39 is 0 Å². The van der Waals surface area contributed by atoms with E-state index in [-0.39, 0.29) is 5.91 Å². The van der Waals surface area contributed by atoms with Gasteiger partial charge in [0.1, 0.15) is 0 Å². The second-order valence-corrected chi connectivity index (χ2v) is 7.68. The van der Waals surface area contributed by atoms with Gasteiger partial charge in [-0.1, -0.05) is 0 Å². The Morgan fingerprint density at radius 2 is 2.38 bits per heavy atom. The molecule has 0 radical (unpaired) electrons. The first-order valence-electron chi connectivity index (χ1n) is 5.20. The number of nitrogens with zero attached hydrogens (tertiary/aromatic N) is 1. The normalized spacial score (nSPS) is 23.9. The van der Waals surface area contributed by atoms with Crippen LogP contribution >= 0.6 is 45.5 Å². The van der Waals surface area contributed by atoms with Crippen LogP contribution in [0.5, 0.6) is 0 Å². The molecule has 1 fully saturated rings. The van der Waals surface area contributed by atoms with Crippen molar-refractivity contribution < 1.29 is 4.79 Å². The predicted octanol–water partition coefficient (Wildman–Crippen LogP) is 3.44. The van der Waals surface area contributed by atoms with E-state index in [1.807, 2.05) is 23.4 Å². The lowest BCUT2D eigenvalue weighted by Gasteiger charge is -2.34. The zero-order valence-electron chi connectivity index (χ0n) is 8.95. The lowest BCUT2D eigenvalue weighted by molar-refractivity contribution is 0.0747. The highest BCUT2D eigenvalue weighted by Crippen LogP contribution is 2.32. The summed E-state index contributed by atoms with van der Waals surface area (Å²) in [5.74, 6) is 0.714. The number of carbonyl (C=O) groups is 1. The van der Waals surface area contributed by atoms with Crippen molar-refractivity contribution in [2.45, 2.75) is 18.2 Å². The predicted molar refractivity (Wildman–Crippen MR) is 76.4 cm³/mol. The molecular weight excluding hydrogens is 357 g/mol. The van der Waals surface area contributed by atoms with Gasteiger partial charge in [0, 0.05) is 24.3 Å². The summed E-state index contributed by atoms with van der Waals surface area (Å²) < 4.78 is 1.15. The molecule has 0 spiro atoms. The van der Waals surface area contributed by atoms with E-state index >= 15 is 0 Å². The van der Waals surface area contributed by atoms with Gasteiger partial charge in [-0.3, -0.25) is 4.79 Å². The van der Waals surface area contributed by atoms with Crippen molar-refractivity contribution in [3.05, 3.63) is 19.9 Å². The van der Waals surface area contributed by atoms with Gasteiger partial charge in [-0.2, -0.15) is 0 Å². The third kappa shape index (κ3) is 2.90. The van der Waals surface area contributed by atoms with Gasteiger partial charge in [0.25, 0.3) is 5.91 Å². The Morgan fingerprint density at radius 1 is 1.69 bits per heavy atom. The molecule has 1 aliphatic carbocycles. The van der Waals surface area contributed by atoms with E-state index in [0.29, 0.717) is 11.3 Å². The second kappa shape index (κ2) is 5.23. The molecule has 0 aromatic carbocycles. The standard InChI is InChI=1S/C11H13ClINOS/c1-14(5-7-2-9(12)3-7)11(15)8-4-10(13)16-6-8/h4,6-7,9H,2-3,5H2,1H3. The Hall–Kier alpha value is 0.190. The molecular formula is C11H13ClINOS. The number of hydrogen-bond acceptors (Lipinski definition) is 2. The Labute approximate surface area is 118 Å². The number of carbonyl (C=O) groups excluding carboxylic acids is 1. The molecule has 88 valence electrons. The van der Waals surface area contributed by atoms with Crippen LogP contribution in [0.4, 0.5) is 0 Å². The number of alkyl halides is 1. The largest absolute Gasteiger partial charge is 0.341 e. The molecule has 1 aromatic heterocycles. The van der Waals surface area contributed by atoms with E-state index in [0.717, 1.165) is 27.8 Å². The van der Waals surface area contributed by atoms with Crippen molar-refractivity contribution in [2.75, 3.05) is 13.6 Å². The number of hydrogen-bond donors (Lipinski definition) is 0. The Balaban J connectivity index is 1.89. The van der Waals surface area contributed by atoms with Crippen LogP contribution in [-0.4, -0.2) is 29.8 Å². The fourth-order valence-corrected chi connectivity index (χ4v) is 3.74. The van der Waals surface area contributed by atoms with Crippen LogP contribution in [0.25, 0.3) is 0 Å². The summed E-state index contributed by atoms with van der Waals surface area (Å²) in [7, 11) is 1.87. The quantitative estimate of drug-likeness (QED) is 0.590. The number of rotatable bonds is 3. The minimum Gasteiger partial charge on any atom is -0.341 e. The summed E-state index contributed by atoms with van der Waals surface area (Å²) in [6.45, 7) is 0.828. The maximum absolute atomic E-state index is 12.0. The summed E-state index contributed by atoms with van der Waals surface area (Å²) >= 11 is 9.77. The second-order valence-electron chi connectivity index (χ2n) is 4.26. The van der Waals surface area contributed by atoms with Crippen LogP contribution in [-0.2, 0) is 0 Å². The Kier molecular flexibility index (Phi) is 4.13. The molecule has 1 aromatic rings. The number of amides is 1. The molecule has 0 aliphatic heterocycles. The fourth-order valence-electron chi connectivity index (χ4n) is 1.92. The van der Waals surface area contributed by atoms with Gasteiger partial charge in [0.15, 0.2) is 0 Å². The molecule has 0 saturated heterocycles. The van der Waals surface area contributed by atoms with Crippen LogP contribution in [0.1, 0.15) is 23.2 Å². The molecule has 1 amide bonds. The summed E-state index contributed by atoms with van der Waals surface area (Å²) in [6, 6.07) is 1.94. The summed E-state index contributed by atoms with van der Waals surface area (Å²) in [4.78, 5) is 13.8. The highest BCUT2D eigenvalue weighted by molar-refractivity contribution is 14.1. The molecule has 1 heterocycles. The molecule has 2 nitrogen and oxygen atoms in total. The van der Waals surface area contributed by atoms with Gasteiger partial charge in [-0.25, -0.2) is 0 Å². The zero-order chi connectivity index (χ0) is 11.7. The van der Waals surface area contributed by atoms with Crippen molar-refractivity contribution in [3.8, 4) is 0 Å². The Morgan fingerprint density at radius 3 is 2.88 bits per heavy atom. The average molecular weight is 370 g/mol. The summed E-state index contributed by atoms with van der Waals surface area (Å²) in [5.41, 5.74) is 0.804. The summed E-state index contributed by atoms with van der Waals surface area (Å²) in [6.07, 6.45) is 2.08.